The zero-order chi connectivity index (χ0) is 11.7. The lowest BCUT2D eigenvalue weighted by Crippen LogP contribution is -2.31. The molecule has 0 spiro atoms. The van der Waals surface area contributed by atoms with Gasteiger partial charge in [0.2, 0.25) is 0 Å². The van der Waals surface area contributed by atoms with Crippen molar-refractivity contribution in [2.24, 2.45) is 7.05 Å². The molecule has 5 heteroatoms. The highest BCUT2D eigenvalue weighted by molar-refractivity contribution is 6.30. The third-order valence-corrected chi connectivity index (χ3v) is 3.81. The maximum atomic E-state index is 9.26. The van der Waals surface area contributed by atoms with Crippen molar-refractivity contribution in [3.8, 4) is 0 Å². The van der Waals surface area contributed by atoms with Crippen molar-refractivity contribution in [2.45, 2.75) is 32.4 Å². The Kier molecular flexibility index (Phi) is 3.52. The predicted molar refractivity (Wildman–Crippen MR) is 63.5 cm³/mol. The summed E-state index contributed by atoms with van der Waals surface area (Å²) in [4.78, 5) is 2.29. The van der Waals surface area contributed by atoms with Crippen molar-refractivity contribution >= 4 is 11.6 Å². The largest absolute Gasteiger partial charge is 0.395 e. The van der Waals surface area contributed by atoms with Crippen LogP contribution in [-0.2, 0) is 13.6 Å². The van der Waals surface area contributed by atoms with E-state index in [1.807, 2.05) is 14.0 Å². The topological polar surface area (TPSA) is 41.3 Å². The van der Waals surface area contributed by atoms with Gasteiger partial charge in [0.1, 0.15) is 5.15 Å². The summed E-state index contributed by atoms with van der Waals surface area (Å²) >= 11 is 6.19. The Labute approximate surface area is 101 Å². The molecule has 1 aromatic rings. The van der Waals surface area contributed by atoms with E-state index >= 15 is 0 Å². The number of nitrogens with zero attached hydrogens (tertiary/aromatic N) is 3. The Morgan fingerprint density at radius 2 is 2.31 bits per heavy atom. The van der Waals surface area contributed by atoms with Crippen molar-refractivity contribution < 1.29 is 5.11 Å². The van der Waals surface area contributed by atoms with Gasteiger partial charge in [0, 0.05) is 25.2 Å². The van der Waals surface area contributed by atoms with E-state index < -0.39 is 0 Å². The molecule has 90 valence electrons. The molecule has 1 aromatic heterocycles. The molecule has 1 saturated heterocycles. The van der Waals surface area contributed by atoms with Gasteiger partial charge in [0.05, 0.1) is 12.3 Å². The van der Waals surface area contributed by atoms with Crippen LogP contribution in [0.15, 0.2) is 0 Å². The Morgan fingerprint density at radius 3 is 2.88 bits per heavy atom. The molecule has 1 atom stereocenters. The van der Waals surface area contributed by atoms with Gasteiger partial charge in [0.15, 0.2) is 0 Å². The first-order valence-corrected chi connectivity index (χ1v) is 6.04. The van der Waals surface area contributed by atoms with Crippen LogP contribution >= 0.6 is 11.6 Å². The molecule has 4 nitrogen and oxygen atoms in total. The minimum absolute atomic E-state index is 0.233. The summed E-state index contributed by atoms with van der Waals surface area (Å²) in [7, 11) is 1.85. The number of aromatic nitrogens is 2. The lowest BCUT2D eigenvalue weighted by atomic mass is 10.2. The summed E-state index contributed by atoms with van der Waals surface area (Å²) in [5.41, 5.74) is 2.07. The van der Waals surface area contributed by atoms with Crippen LogP contribution in [0.5, 0.6) is 0 Å². The maximum Gasteiger partial charge on any atom is 0.131 e. The van der Waals surface area contributed by atoms with Gasteiger partial charge in [-0.1, -0.05) is 11.6 Å². The smallest absolute Gasteiger partial charge is 0.131 e. The molecule has 1 fully saturated rings. The van der Waals surface area contributed by atoms with Gasteiger partial charge in [-0.15, -0.1) is 0 Å². The van der Waals surface area contributed by atoms with Gasteiger partial charge in [-0.25, -0.2) is 0 Å². The van der Waals surface area contributed by atoms with Crippen LogP contribution in [0.25, 0.3) is 0 Å². The van der Waals surface area contributed by atoms with E-state index in [-0.39, 0.29) is 12.6 Å². The first kappa shape index (κ1) is 11.9. The van der Waals surface area contributed by atoms with Crippen LogP contribution < -0.4 is 0 Å². The fraction of sp³-hybridized carbons (Fsp3) is 0.727. The number of aliphatic hydroxyl groups excluding tert-OH is 1. The number of aryl methyl sites for hydroxylation is 2. The first-order valence-electron chi connectivity index (χ1n) is 5.66. The van der Waals surface area contributed by atoms with Crippen molar-refractivity contribution in [3.05, 3.63) is 16.4 Å². The standard InChI is InChI=1S/C11H18ClN3O/c1-8-10(11(12)14(2)13-8)6-15-5-3-4-9(15)7-16/h9,16H,3-7H2,1-2H3/t9-/m0/s1. The number of hydrogen-bond acceptors (Lipinski definition) is 3. The van der Waals surface area contributed by atoms with Crippen molar-refractivity contribution in [3.63, 3.8) is 0 Å². The third-order valence-electron chi connectivity index (χ3n) is 3.34. The molecule has 0 aromatic carbocycles. The zero-order valence-electron chi connectivity index (χ0n) is 9.78. The predicted octanol–water partition coefficient (Wildman–Crippen LogP) is 1.34. The minimum Gasteiger partial charge on any atom is -0.395 e. The van der Waals surface area contributed by atoms with Gasteiger partial charge in [0.25, 0.3) is 0 Å². The Bertz CT molecular complexity index is 378. The first-order chi connectivity index (χ1) is 7.63. The molecule has 0 amide bonds. The minimum atomic E-state index is 0.233. The van der Waals surface area contributed by atoms with E-state index in [4.69, 9.17) is 11.6 Å². The molecule has 1 aliphatic heterocycles. The number of aliphatic hydroxyl groups is 1. The maximum absolute atomic E-state index is 9.26. The number of rotatable bonds is 3. The highest BCUT2D eigenvalue weighted by Crippen LogP contribution is 2.25. The van der Waals surface area contributed by atoms with Gasteiger partial charge in [-0.2, -0.15) is 5.10 Å². The van der Waals surface area contributed by atoms with E-state index in [1.54, 1.807) is 4.68 Å². The lowest BCUT2D eigenvalue weighted by Gasteiger charge is -2.22. The fourth-order valence-corrected chi connectivity index (χ4v) is 2.60. The number of hydrogen-bond donors (Lipinski definition) is 1. The van der Waals surface area contributed by atoms with E-state index in [9.17, 15) is 5.11 Å². The van der Waals surface area contributed by atoms with Crippen LogP contribution in [0.1, 0.15) is 24.1 Å². The van der Waals surface area contributed by atoms with E-state index in [0.29, 0.717) is 5.15 Å². The summed E-state index contributed by atoms with van der Waals surface area (Å²) < 4.78 is 1.70. The SMILES string of the molecule is Cc1nn(C)c(Cl)c1CN1CCC[C@H]1CO. The molecule has 0 bridgehead atoms. The van der Waals surface area contributed by atoms with Gasteiger partial charge in [-0.05, 0) is 26.3 Å². The number of likely N-dealkylation sites (tertiary alicyclic amines) is 1. The summed E-state index contributed by atoms with van der Waals surface area (Å²) in [5, 5.41) is 14.3. The molecule has 1 N–H and O–H groups in total. The Morgan fingerprint density at radius 1 is 1.56 bits per heavy atom. The van der Waals surface area contributed by atoms with Crippen molar-refractivity contribution in [2.75, 3.05) is 13.2 Å². The molecule has 0 unspecified atom stereocenters. The van der Waals surface area contributed by atoms with E-state index in [2.05, 4.69) is 10.00 Å². The van der Waals surface area contributed by atoms with Gasteiger partial charge < -0.3 is 5.11 Å². The molecule has 2 heterocycles. The molecule has 1 aliphatic rings. The highest BCUT2D eigenvalue weighted by Gasteiger charge is 2.25. The summed E-state index contributed by atoms with van der Waals surface area (Å²) in [6, 6.07) is 0.288. The fourth-order valence-electron chi connectivity index (χ4n) is 2.37. The molecular weight excluding hydrogens is 226 g/mol. The molecule has 2 rings (SSSR count). The normalized spacial score (nSPS) is 21.9. The second-order valence-electron chi connectivity index (χ2n) is 4.43. The van der Waals surface area contributed by atoms with Gasteiger partial charge >= 0.3 is 0 Å². The average molecular weight is 244 g/mol. The monoisotopic (exact) mass is 243 g/mol. The van der Waals surface area contributed by atoms with Crippen LogP contribution in [0.4, 0.5) is 0 Å². The van der Waals surface area contributed by atoms with Gasteiger partial charge in [-0.3, -0.25) is 9.58 Å². The van der Waals surface area contributed by atoms with Crippen molar-refractivity contribution in [1.29, 1.82) is 0 Å². The molecular formula is C11H18ClN3O. The summed E-state index contributed by atoms with van der Waals surface area (Å²) in [6.07, 6.45) is 2.23. The Hall–Kier alpha value is -0.580. The highest BCUT2D eigenvalue weighted by atomic mass is 35.5. The zero-order valence-corrected chi connectivity index (χ0v) is 10.5. The third kappa shape index (κ3) is 2.10. The van der Waals surface area contributed by atoms with Crippen LogP contribution in [0.3, 0.4) is 0 Å². The second-order valence-corrected chi connectivity index (χ2v) is 4.79. The van der Waals surface area contributed by atoms with Crippen LogP contribution in [0, 0.1) is 6.92 Å². The number of halogens is 1. The van der Waals surface area contributed by atoms with E-state index in [1.165, 1.54) is 0 Å². The molecule has 0 aliphatic carbocycles. The Balaban J connectivity index is 2.14. The van der Waals surface area contributed by atoms with Crippen molar-refractivity contribution in [1.82, 2.24) is 14.7 Å². The van der Waals surface area contributed by atoms with E-state index in [0.717, 1.165) is 37.2 Å². The summed E-state index contributed by atoms with van der Waals surface area (Å²) in [5.74, 6) is 0. The second kappa shape index (κ2) is 4.73. The summed E-state index contributed by atoms with van der Waals surface area (Å²) in [6.45, 7) is 4.04. The quantitative estimate of drug-likeness (QED) is 0.871. The lowest BCUT2D eigenvalue weighted by molar-refractivity contribution is 0.153. The average Bonchev–Trinajstić information content (AvgIpc) is 2.79. The molecule has 0 saturated carbocycles. The van der Waals surface area contributed by atoms with Crippen LogP contribution in [-0.4, -0.2) is 39.0 Å². The van der Waals surface area contributed by atoms with Crippen LogP contribution in [0.2, 0.25) is 5.15 Å². The molecule has 16 heavy (non-hydrogen) atoms. The molecule has 0 radical (unpaired) electrons.